The first-order valence-corrected chi connectivity index (χ1v) is 25.7. The molecule has 0 spiro atoms. The van der Waals surface area contributed by atoms with Gasteiger partial charge in [-0.3, -0.25) is 0 Å². The first kappa shape index (κ1) is 41.7. The molecular weight excluding hydrogens is 877 g/mol. The number of benzene rings is 14. The lowest BCUT2D eigenvalue weighted by Gasteiger charge is -2.25. The van der Waals surface area contributed by atoms with Crippen molar-refractivity contribution in [3.63, 3.8) is 0 Å². The molecular formula is C73H48. The van der Waals surface area contributed by atoms with Crippen LogP contribution in [0.5, 0.6) is 0 Å². The Morgan fingerprint density at radius 1 is 0.205 bits per heavy atom. The summed E-state index contributed by atoms with van der Waals surface area (Å²) < 4.78 is 0. The van der Waals surface area contributed by atoms with Gasteiger partial charge in [-0.25, -0.2) is 0 Å². The highest BCUT2D eigenvalue weighted by Gasteiger charge is 2.36. The zero-order chi connectivity index (χ0) is 48.4. The molecule has 0 N–H and O–H groups in total. The molecule has 0 bridgehead atoms. The smallest absolute Gasteiger partial charge is 0.0159 e. The summed E-state index contributed by atoms with van der Waals surface area (Å²) in [5.74, 6) is 0. The molecule has 0 aliphatic heterocycles. The summed E-state index contributed by atoms with van der Waals surface area (Å²) >= 11 is 0. The van der Waals surface area contributed by atoms with Crippen LogP contribution in [-0.4, -0.2) is 0 Å². The highest BCUT2D eigenvalue weighted by molar-refractivity contribution is 6.33. The minimum absolute atomic E-state index is 0.106. The van der Waals surface area contributed by atoms with Crippen LogP contribution in [0, 0.1) is 0 Å². The van der Waals surface area contributed by atoms with Crippen molar-refractivity contribution in [2.24, 2.45) is 0 Å². The van der Waals surface area contributed by atoms with Crippen molar-refractivity contribution in [1.29, 1.82) is 0 Å². The zero-order valence-electron chi connectivity index (χ0n) is 40.7. The average Bonchev–Trinajstić information content (AvgIpc) is 3.68. The third kappa shape index (κ3) is 6.08. The fraction of sp³-hybridized carbons (Fsp3) is 0.0411. The predicted molar refractivity (Wildman–Crippen MR) is 314 cm³/mol. The minimum Gasteiger partial charge on any atom is -0.0622 e. The third-order valence-electron chi connectivity index (χ3n) is 16.4. The fourth-order valence-electron chi connectivity index (χ4n) is 13.2. The molecule has 15 rings (SSSR count). The van der Waals surface area contributed by atoms with Gasteiger partial charge in [-0.1, -0.05) is 250 Å². The highest BCUT2D eigenvalue weighted by atomic mass is 14.4. The van der Waals surface area contributed by atoms with Crippen LogP contribution >= 0.6 is 0 Å². The number of hydrogen-bond donors (Lipinski definition) is 0. The van der Waals surface area contributed by atoms with Gasteiger partial charge >= 0.3 is 0 Å². The van der Waals surface area contributed by atoms with Gasteiger partial charge in [0.25, 0.3) is 0 Å². The first-order valence-electron chi connectivity index (χ1n) is 25.7. The molecule has 340 valence electrons. The van der Waals surface area contributed by atoms with E-state index in [2.05, 4.69) is 269 Å². The number of rotatable bonds is 5. The van der Waals surface area contributed by atoms with Crippen LogP contribution in [0.2, 0.25) is 0 Å². The molecule has 0 heterocycles. The Labute approximate surface area is 425 Å². The normalized spacial score (nSPS) is 12.9. The maximum Gasteiger partial charge on any atom is 0.0159 e. The number of fused-ring (bicyclic) bond motifs is 10. The van der Waals surface area contributed by atoms with E-state index in [1.165, 1.54) is 153 Å². The van der Waals surface area contributed by atoms with E-state index in [4.69, 9.17) is 0 Å². The van der Waals surface area contributed by atoms with Gasteiger partial charge in [0.2, 0.25) is 0 Å². The van der Waals surface area contributed by atoms with Crippen LogP contribution in [0.1, 0.15) is 25.0 Å². The second-order valence-corrected chi connectivity index (χ2v) is 20.6. The third-order valence-corrected chi connectivity index (χ3v) is 16.4. The second-order valence-electron chi connectivity index (χ2n) is 20.6. The van der Waals surface area contributed by atoms with Gasteiger partial charge in [-0.15, -0.1) is 0 Å². The predicted octanol–water partition coefficient (Wildman–Crippen LogP) is 20.4. The van der Waals surface area contributed by atoms with Gasteiger partial charge in [-0.2, -0.15) is 0 Å². The van der Waals surface area contributed by atoms with Gasteiger partial charge in [0.1, 0.15) is 0 Å². The lowest BCUT2D eigenvalue weighted by Crippen LogP contribution is -2.14. The Hall–Kier alpha value is -9.10. The molecule has 0 amide bonds. The summed E-state index contributed by atoms with van der Waals surface area (Å²) in [5.41, 5.74) is 17.9. The van der Waals surface area contributed by atoms with E-state index in [-0.39, 0.29) is 5.41 Å². The van der Waals surface area contributed by atoms with Gasteiger partial charge in [0.05, 0.1) is 0 Å². The maximum absolute atomic E-state index is 2.49. The van der Waals surface area contributed by atoms with Gasteiger partial charge < -0.3 is 0 Å². The summed E-state index contributed by atoms with van der Waals surface area (Å²) in [5, 5.41) is 17.5. The Morgan fingerprint density at radius 2 is 0.534 bits per heavy atom. The lowest BCUT2D eigenvalue weighted by molar-refractivity contribution is 0.660. The Balaban J connectivity index is 1.03. The van der Waals surface area contributed by atoms with E-state index >= 15 is 0 Å². The molecule has 1 aliphatic rings. The van der Waals surface area contributed by atoms with E-state index in [0.717, 1.165) is 0 Å². The van der Waals surface area contributed by atoms with Crippen molar-refractivity contribution in [3.05, 3.63) is 266 Å². The fourth-order valence-corrected chi connectivity index (χ4v) is 13.2. The average molecular weight is 925 g/mol. The molecule has 0 saturated carbocycles. The molecule has 0 atom stereocenters. The lowest BCUT2D eigenvalue weighted by atomic mass is 9.78. The molecule has 0 fully saturated rings. The summed E-state index contributed by atoms with van der Waals surface area (Å²) in [4.78, 5) is 0. The van der Waals surface area contributed by atoms with Crippen molar-refractivity contribution in [2.45, 2.75) is 19.3 Å². The second kappa shape index (κ2) is 16.0. The molecule has 0 saturated heterocycles. The van der Waals surface area contributed by atoms with Crippen LogP contribution in [0.15, 0.2) is 255 Å². The van der Waals surface area contributed by atoms with Crippen LogP contribution in [-0.2, 0) is 5.41 Å². The van der Waals surface area contributed by atoms with E-state index in [0.29, 0.717) is 0 Å². The zero-order valence-corrected chi connectivity index (χ0v) is 40.7. The molecule has 14 aromatic carbocycles. The van der Waals surface area contributed by atoms with E-state index in [1.54, 1.807) is 0 Å². The van der Waals surface area contributed by atoms with Crippen molar-refractivity contribution >= 4 is 75.4 Å². The molecule has 73 heavy (non-hydrogen) atoms. The van der Waals surface area contributed by atoms with Crippen LogP contribution in [0.3, 0.4) is 0 Å². The Morgan fingerprint density at radius 3 is 0.973 bits per heavy atom. The summed E-state index contributed by atoms with van der Waals surface area (Å²) in [6.45, 7) is 4.76. The Bertz CT molecular complexity index is 4460. The van der Waals surface area contributed by atoms with Gasteiger partial charge in [0.15, 0.2) is 0 Å². The standard InChI is InChI=1S/C73H48/c1-73(2)65-39-21-20-26-49(65)50-41-40-48(44-66(50)73)67-51-27-8-12-31-55(51)69(56-32-13-9-28-52(56)67)71-59-35-16-18-37-61(59)72(62-38-19-17-36-60(62)71)70-57-33-14-10-29-53(57)68(54-30-11-15-34-58(54)70)64-43-47-25-7-6-24-46(47)42-63(64)45-22-4-3-5-23-45/h3-44H,1-2H3. The van der Waals surface area contributed by atoms with Gasteiger partial charge in [0, 0.05) is 5.41 Å². The van der Waals surface area contributed by atoms with Crippen molar-refractivity contribution in [3.8, 4) is 66.8 Å². The monoisotopic (exact) mass is 924 g/mol. The molecule has 0 aromatic heterocycles. The SMILES string of the molecule is CC1(C)c2ccccc2-c2ccc(-c3c4ccccc4c(-c4c5ccccc5c(-c5c6ccccc6c(-c6cc7ccccc7cc6-c6ccccc6)c6ccccc56)c5ccccc45)c4ccccc34)cc21. The van der Waals surface area contributed by atoms with E-state index in [9.17, 15) is 0 Å². The molecule has 0 unspecified atom stereocenters. The van der Waals surface area contributed by atoms with Crippen molar-refractivity contribution in [1.82, 2.24) is 0 Å². The van der Waals surface area contributed by atoms with Crippen molar-refractivity contribution < 1.29 is 0 Å². The van der Waals surface area contributed by atoms with Crippen molar-refractivity contribution in [2.75, 3.05) is 0 Å². The summed E-state index contributed by atoms with van der Waals surface area (Å²) in [7, 11) is 0. The molecule has 0 heteroatoms. The highest BCUT2D eigenvalue weighted by Crippen LogP contribution is 2.55. The minimum atomic E-state index is -0.106. The summed E-state index contributed by atoms with van der Waals surface area (Å²) in [6.07, 6.45) is 0. The maximum atomic E-state index is 2.49. The Kier molecular flexibility index (Phi) is 9.11. The molecule has 14 aromatic rings. The topological polar surface area (TPSA) is 0 Å². The number of hydrogen-bond acceptors (Lipinski definition) is 0. The van der Waals surface area contributed by atoms with Crippen LogP contribution in [0.4, 0.5) is 0 Å². The largest absolute Gasteiger partial charge is 0.0622 e. The molecule has 1 aliphatic carbocycles. The first-order chi connectivity index (χ1) is 36.0. The van der Waals surface area contributed by atoms with Crippen LogP contribution < -0.4 is 0 Å². The molecule has 0 radical (unpaired) electrons. The van der Waals surface area contributed by atoms with E-state index in [1.807, 2.05) is 0 Å². The van der Waals surface area contributed by atoms with Crippen LogP contribution in [0.25, 0.3) is 142 Å². The summed E-state index contributed by atoms with van der Waals surface area (Å²) in [6, 6.07) is 95.8. The molecule has 0 nitrogen and oxygen atoms in total. The van der Waals surface area contributed by atoms with Gasteiger partial charge in [-0.05, 0) is 171 Å². The van der Waals surface area contributed by atoms with E-state index < -0.39 is 0 Å². The quantitative estimate of drug-likeness (QED) is 0.151.